The maximum Gasteiger partial charge on any atom is 0.157 e. The molecule has 1 rings (SSSR count). The number of phenols is 2. The van der Waals surface area contributed by atoms with Crippen molar-refractivity contribution in [3.05, 3.63) is 24.3 Å². The minimum absolute atomic E-state index is 0.0764. The molecule has 68 valence electrons. The summed E-state index contributed by atoms with van der Waals surface area (Å²) in [6, 6.07) is 6.15. The van der Waals surface area contributed by atoms with E-state index in [4.69, 9.17) is 21.1 Å². The van der Waals surface area contributed by atoms with Crippen molar-refractivity contribution in [2.75, 3.05) is 13.2 Å². The molecule has 1 aromatic carbocycles. The second-order valence-electron chi connectivity index (χ2n) is 2.00. The molecular weight excluding hydrogens is 158 g/mol. The maximum atomic E-state index is 8.67. The molecule has 0 saturated carbocycles. The summed E-state index contributed by atoms with van der Waals surface area (Å²) in [6.45, 7) is 0.472. The first-order valence-corrected chi connectivity index (χ1v) is 3.50. The van der Waals surface area contributed by atoms with Crippen LogP contribution in [-0.4, -0.2) is 28.5 Å². The number of nitrogens with two attached hydrogens (primary N) is 1. The van der Waals surface area contributed by atoms with E-state index in [9.17, 15) is 0 Å². The van der Waals surface area contributed by atoms with Crippen molar-refractivity contribution in [2.45, 2.75) is 0 Å². The van der Waals surface area contributed by atoms with Gasteiger partial charge in [-0.3, -0.25) is 0 Å². The summed E-state index contributed by atoms with van der Waals surface area (Å²) >= 11 is 0. The molecule has 0 bridgehead atoms. The van der Waals surface area contributed by atoms with Gasteiger partial charge in [0, 0.05) is 6.54 Å². The molecule has 0 atom stereocenters. The van der Waals surface area contributed by atoms with Gasteiger partial charge in [-0.15, -0.1) is 0 Å². The lowest BCUT2D eigenvalue weighted by molar-refractivity contribution is 0.306. The van der Waals surface area contributed by atoms with Crippen molar-refractivity contribution < 1.29 is 15.3 Å². The Morgan fingerprint density at radius 2 is 1.42 bits per heavy atom. The summed E-state index contributed by atoms with van der Waals surface area (Å²) in [4.78, 5) is 0. The van der Waals surface area contributed by atoms with Gasteiger partial charge >= 0.3 is 0 Å². The van der Waals surface area contributed by atoms with Gasteiger partial charge in [0.15, 0.2) is 11.5 Å². The monoisotopic (exact) mass is 171 g/mol. The Bertz CT molecular complexity index is 192. The van der Waals surface area contributed by atoms with Crippen molar-refractivity contribution in [1.29, 1.82) is 0 Å². The average molecular weight is 171 g/mol. The van der Waals surface area contributed by atoms with Crippen LogP contribution in [0.25, 0.3) is 0 Å². The summed E-state index contributed by atoms with van der Waals surface area (Å²) in [5, 5.41) is 25.1. The highest BCUT2D eigenvalue weighted by molar-refractivity contribution is 5.36. The van der Waals surface area contributed by atoms with Crippen LogP contribution >= 0.6 is 0 Å². The van der Waals surface area contributed by atoms with Gasteiger partial charge in [0.1, 0.15) is 0 Å². The Morgan fingerprint density at radius 1 is 1.08 bits per heavy atom. The zero-order valence-electron chi connectivity index (χ0n) is 6.64. The normalized spacial score (nSPS) is 8.50. The van der Waals surface area contributed by atoms with Crippen LogP contribution < -0.4 is 5.73 Å². The van der Waals surface area contributed by atoms with Gasteiger partial charge in [-0.25, -0.2) is 0 Å². The molecule has 4 heteroatoms. The van der Waals surface area contributed by atoms with Crippen molar-refractivity contribution in [3.8, 4) is 11.5 Å². The standard InChI is InChI=1S/C6H6O2.C2H7NO/c7-5-3-1-2-4-6(5)8;3-1-2-4/h1-4,7-8H;4H,1-3H2. The molecular formula is C8H13NO3. The fourth-order valence-electron chi connectivity index (χ4n) is 0.464. The van der Waals surface area contributed by atoms with Gasteiger partial charge in [0.25, 0.3) is 0 Å². The molecule has 5 N–H and O–H groups in total. The third kappa shape index (κ3) is 4.54. The first-order valence-electron chi connectivity index (χ1n) is 3.50. The van der Waals surface area contributed by atoms with Crippen molar-refractivity contribution in [1.82, 2.24) is 0 Å². The number of para-hydroxylation sites is 2. The van der Waals surface area contributed by atoms with Crippen molar-refractivity contribution in [3.63, 3.8) is 0 Å². The second kappa shape index (κ2) is 6.45. The minimum atomic E-state index is -0.0764. The van der Waals surface area contributed by atoms with Crippen LogP contribution in [0.5, 0.6) is 11.5 Å². The van der Waals surface area contributed by atoms with E-state index in [0.717, 1.165) is 0 Å². The van der Waals surface area contributed by atoms with Gasteiger partial charge in [0.05, 0.1) is 6.61 Å². The van der Waals surface area contributed by atoms with E-state index in [1.165, 1.54) is 12.1 Å². The summed E-state index contributed by atoms with van der Waals surface area (Å²) in [5.74, 6) is -0.153. The predicted molar refractivity (Wildman–Crippen MR) is 45.9 cm³/mol. The van der Waals surface area contributed by atoms with Crippen LogP contribution in [0, 0.1) is 0 Å². The SMILES string of the molecule is NCCO.Oc1ccccc1O. The Labute approximate surface area is 70.9 Å². The van der Waals surface area contributed by atoms with E-state index in [2.05, 4.69) is 0 Å². The highest BCUT2D eigenvalue weighted by Gasteiger charge is 1.90. The highest BCUT2D eigenvalue weighted by Crippen LogP contribution is 2.21. The quantitative estimate of drug-likeness (QED) is 0.449. The molecule has 0 aromatic heterocycles. The van der Waals surface area contributed by atoms with Gasteiger partial charge in [-0.05, 0) is 12.1 Å². The number of aliphatic hydroxyl groups is 1. The number of phenolic OH excluding ortho intramolecular Hbond substituents is 2. The maximum absolute atomic E-state index is 8.67. The van der Waals surface area contributed by atoms with E-state index >= 15 is 0 Å². The van der Waals surface area contributed by atoms with E-state index in [1.807, 2.05) is 0 Å². The highest BCUT2D eigenvalue weighted by atomic mass is 16.3. The van der Waals surface area contributed by atoms with Crippen LogP contribution in [0.3, 0.4) is 0 Å². The molecule has 0 fully saturated rings. The van der Waals surface area contributed by atoms with Gasteiger partial charge in [0.2, 0.25) is 0 Å². The van der Waals surface area contributed by atoms with Crippen LogP contribution in [0.2, 0.25) is 0 Å². The molecule has 0 aliphatic rings. The topological polar surface area (TPSA) is 86.7 Å². The van der Waals surface area contributed by atoms with Crippen LogP contribution in [0.4, 0.5) is 0 Å². The average Bonchev–Trinajstić information content (AvgIpc) is 2.11. The molecule has 4 nitrogen and oxygen atoms in total. The summed E-state index contributed by atoms with van der Waals surface area (Å²) < 4.78 is 0. The van der Waals surface area contributed by atoms with Crippen LogP contribution in [-0.2, 0) is 0 Å². The molecule has 12 heavy (non-hydrogen) atoms. The van der Waals surface area contributed by atoms with Crippen LogP contribution in [0.15, 0.2) is 24.3 Å². The number of aromatic hydroxyl groups is 2. The Hall–Kier alpha value is -1.26. The number of hydrogen-bond donors (Lipinski definition) is 4. The number of rotatable bonds is 1. The Morgan fingerprint density at radius 3 is 1.58 bits per heavy atom. The van der Waals surface area contributed by atoms with E-state index in [0.29, 0.717) is 6.54 Å². The third-order valence-corrected chi connectivity index (χ3v) is 1.01. The summed E-state index contributed by atoms with van der Waals surface area (Å²) in [6.07, 6.45) is 0. The third-order valence-electron chi connectivity index (χ3n) is 1.01. The van der Waals surface area contributed by atoms with Crippen LogP contribution in [0.1, 0.15) is 0 Å². The van der Waals surface area contributed by atoms with Crippen molar-refractivity contribution in [2.24, 2.45) is 5.73 Å². The van der Waals surface area contributed by atoms with Crippen molar-refractivity contribution >= 4 is 0 Å². The molecule has 0 spiro atoms. The lowest BCUT2D eigenvalue weighted by Gasteiger charge is -1.91. The van der Waals surface area contributed by atoms with E-state index in [1.54, 1.807) is 12.1 Å². The van der Waals surface area contributed by atoms with Gasteiger partial charge in [-0.1, -0.05) is 12.1 Å². The first kappa shape index (κ1) is 10.7. The van der Waals surface area contributed by atoms with E-state index in [-0.39, 0.29) is 18.1 Å². The lowest BCUT2D eigenvalue weighted by Crippen LogP contribution is -2.02. The minimum Gasteiger partial charge on any atom is -0.504 e. The second-order valence-corrected chi connectivity index (χ2v) is 2.00. The van der Waals surface area contributed by atoms with E-state index < -0.39 is 0 Å². The lowest BCUT2D eigenvalue weighted by atomic mass is 10.3. The fourth-order valence-corrected chi connectivity index (χ4v) is 0.464. The predicted octanol–water partition coefficient (Wildman–Crippen LogP) is 0.0352. The molecule has 1 aromatic rings. The largest absolute Gasteiger partial charge is 0.504 e. The molecule has 0 saturated heterocycles. The number of aliphatic hydroxyl groups excluding tert-OH is 1. The zero-order chi connectivity index (χ0) is 9.40. The summed E-state index contributed by atoms with van der Waals surface area (Å²) in [7, 11) is 0. The Balaban J connectivity index is 0.000000261. The molecule has 0 radical (unpaired) electrons. The zero-order valence-corrected chi connectivity index (χ0v) is 6.64. The number of hydrogen-bond acceptors (Lipinski definition) is 4. The summed E-state index contributed by atoms with van der Waals surface area (Å²) in [5.41, 5.74) is 4.78. The molecule has 0 aliphatic heterocycles. The molecule has 0 unspecified atom stereocenters. The first-order chi connectivity index (χ1) is 5.72. The molecule has 0 amide bonds. The van der Waals surface area contributed by atoms with Gasteiger partial charge in [-0.2, -0.15) is 0 Å². The fraction of sp³-hybridized carbons (Fsp3) is 0.250. The smallest absolute Gasteiger partial charge is 0.157 e. The van der Waals surface area contributed by atoms with Gasteiger partial charge < -0.3 is 21.1 Å². The molecule has 0 heterocycles. The molecule has 0 aliphatic carbocycles. The number of benzene rings is 1. The Kier molecular flexibility index (Phi) is 5.77.